The van der Waals surface area contributed by atoms with Crippen molar-refractivity contribution in [1.82, 2.24) is 0 Å². The molecule has 0 unspecified atom stereocenters. The van der Waals surface area contributed by atoms with Crippen molar-refractivity contribution in [2.45, 2.75) is 20.5 Å². The first kappa shape index (κ1) is 18.1. The molecule has 1 nitrogen and oxygen atoms in total. The Morgan fingerprint density at radius 2 is 1.04 bits per heavy atom. The van der Waals surface area contributed by atoms with Gasteiger partial charge in [0.1, 0.15) is 12.4 Å². The van der Waals surface area contributed by atoms with Crippen molar-refractivity contribution in [3.05, 3.63) is 114 Å². The fourth-order valence-electron chi connectivity index (χ4n) is 3.31. The van der Waals surface area contributed by atoms with Crippen LogP contribution in [0.2, 0.25) is 0 Å². The Labute approximate surface area is 167 Å². The lowest BCUT2D eigenvalue weighted by atomic mass is 9.99. The average molecular weight is 364 g/mol. The molecule has 0 radical (unpaired) electrons. The normalized spacial score (nSPS) is 10.6. The smallest absolute Gasteiger partial charge is 0.119 e. The van der Waals surface area contributed by atoms with Crippen molar-refractivity contribution in [1.29, 1.82) is 0 Å². The van der Waals surface area contributed by atoms with Gasteiger partial charge in [0.15, 0.2) is 0 Å². The lowest BCUT2D eigenvalue weighted by molar-refractivity contribution is 0.307. The summed E-state index contributed by atoms with van der Waals surface area (Å²) in [5.74, 6) is 0.884. The van der Waals surface area contributed by atoms with Crippen molar-refractivity contribution >= 4 is 0 Å². The van der Waals surface area contributed by atoms with E-state index in [0.717, 1.165) is 5.75 Å². The second-order valence-corrected chi connectivity index (χ2v) is 7.20. The molecular weight excluding hydrogens is 340 g/mol. The van der Waals surface area contributed by atoms with Crippen LogP contribution in [0.4, 0.5) is 0 Å². The lowest BCUT2D eigenvalue weighted by Gasteiger charge is -2.12. The van der Waals surface area contributed by atoms with Gasteiger partial charge in [0.05, 0.1) is 0 Å². The van der Waals surface area contributed by atoms with Crippen LogP contribution in [0.3, 0.4) is 0 Å². The number of hydrogen-bond donors (Lipinski definition) is 0. The van der Waals surface area contributed by atoms with Crippen LogP contribution < -0.4 is 4.74 Å². The zero-order valence-corrected chi connectivity index (χ0v) is 16.4. The largest absolute Gasteiger partial charge is 0.489 e. The Morgan fingerprint density at radius 3 is 1.64 bits per heavy atom. The summed E-state index contributed by atoms with van der Waals surface area (Å²) < 4.78 is 6.09. The summed E-state index contributed by atoms with van der Waals surface area (Å²) in [5.41, 5.74) is 8.60. The topological polar surface area (TPSA) is 9.23 Å². The highest BCUT2D eigenvalue weighted by Crippen LogP contribution is 2.27. The molecule has 0 aliphatic heterocycles. The van der Waals surface area contributed by atoms with Crippen LogP contribution >= 0.6 is 0 Å². The van der Waals surface area contributed by atoms with Gasteiger partial charge in [-0.2, -0.15) is 0 Å². The van der Waals surface area contributed by atoms with E-state index in [1.54, 1.807) is 0 Å². The number of rotatable bonds is 5. The van der Waals surface area contributed by atoms with Crippen LogP contribution in [0.1, 0.15) is 16.7 Å². The second-order valence-electron chi connectivity index (χ2n) is 7.20. The molecule has 4 rings (SSSR count). The molecule has 28 heavy (non-hydrogen) atoms. The number of benzene rings is 4. The number of ether oxygens (including phenoxy) is 1. The van der Waals surface area contributed by atoms with Crippen LogP contribution in [0.25, 0.3) is 22.3 Å². The minimum absolute atomic E-state index is 0.550. The van der Waals surface area contributed by atoms with Crippen LogP contribution in [0, 0.1) is 13.8 Å². The maximum atomic E-state index is 6.09. The Balaban J connectivity index is 1.49. The van der Waals surface area contributed by atoms with Crippen LogP contribution in [0.5, 0.6) is 5.75 Å². The number of aryl methyl sites for hydroxylation is 2. The Bertz CT molecular complexity index is 1040. The van der Waals surface area contributed by atoms with Gasteiger partial charge in [0, 0.05) is 0 Å². The Morgan fingerprint density at radius 1 is 0.536 bits per heavy atom. The van der Waals surface area contributed by atoms with Gasteiger partial charge in [-0.05, 0) is 53.8 Å². The Kier molecular flexibility index (Phi) is 5.25. The first-order valence-electron chi connectivity index (χ1n) is 9.64. The molecule has 0 aliphatic carbocycles. The average Bonchev–Trinajstić information content (AvgIpc) is 2.74. The summed E-state index contributed by atoms with van der Waals surface area (Å²) in [5, 5.41) is 0. The zero-order valence-electron chi connectivity index (χ0n) is 16.4. The lowest BCUT2D eigenvalue weighted by Crippen LogP contribution is -1.98. The Hall–Kier alpha value is -3.32. The highest BCUT2D eigenvalue weighted by Gasteiger charge is 2.06. The van der Waals surface area contributed by atoms with Gasteiger partial charge < -0.3 is 4.74 Å². The molecule has 0 spiro atoms. The summed E-state index contributed by atoms with van der Waals surface area (Å²) in [6, 6.07) is 34.0. The predicted octanol–water partition coefficient (Wildman–Crippen LogP) is 7.22. The van der Waals surface area contributed by atoms with E-state index in [0.29, 0.717) is 6.61 Å². The summed E-state index contributed by atoms with van der Waals surface area (Å²) in [6.07, 6.45) is 0. The van der Waals surface area contributed by atoms with Gasteiger partial charge in [-0.15, -0.1) is 0 Å². The molecule has 0 aromatic heterocycles. The van der Waals surface area contributed by atoms with E-state index >= 15 is 0 Å². The van der Waals surface area contributed by atoms with Crippen molar-refractivity contribution < 1.29 is 4.74 Å². The van der Waals surface area contributed by atoms with Crippen LogP contribution in [-0.4, -0.2) is 0 Å². The molecule has 0 saturated heterocycles. The molecule has 4 aromatic rings. The van der Waals surface area contributed by atoms with Gasteiger partial charge in [-0.3, -0.25) is 0 Å². The molecule has 0 saturated carbocycles. The molecule has 0 atom stereocenters. The van der Waals surface area contributed by atoms with E-state index in [9.17, 15) is 0 Å². The molecule has 0 bridgehead atoms. The van der Waals surface area contributed by atoms with Crippen molar-refractivity contribution in [3.8, 4) is 28.0 Å². The molecule has 0 amide bonds. The standard InChI is InChI=1S/C27H24O/c1-20-7-11-22(12-8-20)23-15-17-26(18-16-23)28-19-25-5-3-4-6-27(25)24-13-9-21(2)10-14-24/h3-18H,19H2,1-2H3. The molecule has 4 aromatic carbocycles. The second kappa shape index (κ2) is 8.14. The van der Waals surface area contributed by atoms with Gasteiger partial charge in [-0.25, -0.2) is 0 Å². The van der Waals surface area contributed by atoms with Gasteiger partial charge in [0.2, 0.25) is 0 Å². The zero-order chi connectivity index (χ0) is 19.3. The van der Waals surface area contributed by atoms with E-state index in [1.807, 2.05) is 12.1 Å². The van der Waals surface area contributed by atoms with Crippen LogP contribution in [-0.2, 0) is 6.61 Å². The third-order valence-electron chi connectivity index (χ3n) is 5.01. The summed E-state index contributed by atoms with van der Waals surface area (Å²) in [6.45, 7) is 4.77. The van der Waals surface area contributed by atoms with Crippen molar-refractivity contribution in [2.24, 2.45) is 0 Å². The van der Waals surface area contributed by atoms with Crippen molar-refractivity contribution in [3.63, 3.8) is 0 Å². The molecule has 0 fully saturated rings. The van der Waals surface area contributed by atoms with E-state index in [-0.39, 0.29) is 0 Å². The third kappa shape index (κ3) is 4.15. The maximum absolute atomic E-state index is 6.09. The van der Waals surface area contributed by atoms with Crippen molar-refractivity contribution in [2.75, 3.05) is 0 Å². The monoisotopic (exact) mass is 364 g/mol. The minimum atomic E-state index is 0.550. The minimum Gasteiger partial charge on any atom is -0.489 e. The van der Waals surface area contributed by atoms with Gasteiger partial charge in [0.25, 0.3) is 0 Å². The first-order chi connectivity index (χ1) is 13.7. The summed E-state index contributed by atoms with van der Waals surface area (Å²) in [7, 11) is 0. The molecular formula is C27H24O. The SMILES string of the molecule is Cc1ccc(-c2ccc(OCc3ccccc3-c3ccc(C)cc3)cc2)cc1. The maximum Gasteiger partial charge on any atom is 0.119 e. The molecule has 1 heteroatoms. The highest BCUT2D eigenvalue weighted by atomic mass is 16.5. The number of hydrogen-bond acceptors (Lipinski definition) is 1. The molecule has 0 aliphatic rings. The van der Waals surface area contributed by atoms with E-state index in [2.05, 4.69) is 98.8 Å². The van der Waals surface area contributed by atoms with Crippen LogP contribution in [0.15, 0.2) is 97.1 Å². The first-order valence-corrected chi connectivity index (χ1v) is 9.64. The molecule has 0 heterocycles. The highest BCUT2D eigenvalue weighted by molar-refractivity contribution is 5.67. The van der Waals surface area contributed by atoms with E-state index in [4.69, 9.17) is 4.74 Å². The molecule has 138 valence electrons. The molecule has 0 N–H and O–H groups in total. The van der Waals surface area contributed by atoms with E-state index < -0.39 is 0 Å². The summed E-state index contributed by atoms with van der Waals surface area (Å²) in [4.78, 5) is 0. The predicted molar refractivity (Wildman–Crippen MR) is 118 cm³/mol. The summed E-state index contributed by atoms with van der Waals surface area (Å²) >= 11 is 0. The van der Waals surface area contributed by atoms with Gasteiger partial charge in [-0.1, -0.05) is 96.1 Å². The van der Waals surface area contributed by atoms with E-state index in [1.165, 1.54) is 38.9 Å². The third-order valence-corrected chi connectivity index (χ3v) is 5.01. The van der Waals surface area contributed by atoms with Gasteiger partial charge >= 0.3 is 0 Å². The quantitative estimate of drug-likeness (QED) is 0.363. The fourth-order valence-corrected chi connectivity index (χ4v) is 3.31. The fraction of sp³-hybridized carbons (Fsp3) is 0.111.